The monoisotopic (exact) mass is 387 g/mol. The minimum absolute atomic E-state index is 0.0496. The van der Waals surface area contributed by atoms with Gasteiger partial charge in [0.1, 0.15) is 0 Å². The van der Waals surface area contributed by atoms with Crippen molar-refractivity contribution in [1.82, 2.24) is 5.32 Å². The molecular formula is C22H29NO3S. The molecule has 4 nitrogen and oxygen atoms in total. The molecule has 0 spiro atoms. The summed E-state index contributed by atoms with van der Waals surface area (Å²) < 4.78 is 24.7. The van der Waals surface area contributed by atoms with Gasteiger partial charge in [0.2, 0.25) is 5.91 Å². The summed E-state index contributed by atoms with van der Waals surface area (Å²) in [5, 5.41) is 2.89. The number of carbonyl (C=O) groups is 1. The minimum Gasteiger partial charge on any atom is -0.350 e. The van der Waals surface area contributed by atoms with Crippen molar-refractivity contribution in [2.45, 2.75) is 51.5 Å². The lowest BCUT2D eigenvalue weighted by Gasteiger charge is -2.15. The van der Waals surface area contributed by atoms with E-state index in [-0.39, 0.29) is 29.0 Å². The number of rotatable bonds is 8. The maximum Gasteiger partial charge on any atom is 0.221 e. The second-order valence-electron chi connectivity index (χ2n) is 7.51. The summed E-state index contributed by atoms with van der Waals surface area (Å²) in [6.07, 6.45) is 0.976. The predicted octanol–water partition coefficient (Wildman–Crippen LogP) is 4.23. The second-order valence-corrected chi connectivity index (χ2v) is 9.62. The van der Waals surface area contributed by atoms with Gasteiger partial charge in [-0.25, -0.2) is 8.42 Å². The van der Waals surface area contributed by atoms with Crippen LogP contribution in [0, 0.1) is 12.8 Å². The molecule has 146 valence electrons. The molecule has 0 heterocycles. The van der Waals surface area contributed by atoms with Crippen LogP contribution in [0.5, 0.6) is 0 Å². The zero-order chi connectivity index (χ0) is 20.0. The second kappa shape index (κ2) is 9.18. The van der Waals surface area contributed by atoms with Crippen LogP contribution in [0.2, 0.25) is 0 Å². The summed E-state index contributed by atoms with van der Waals surface area (Å²) in [5.74, 6) is 0.148. The Morgan fingerprint density at radius 3 is 2.11 bits per heavy atom. The topological polar surface area (TPSA) is 63.2 Å². The molecule has 0 fully saturated rings. The number of hydrogen-bond acceptors (Lipinski definition) is 3. The molecule has 2 rings (SSSR count). The van der Waals surface area contributed by atoms with Crippen LogP contribution in [0.1, 0.15) is 49.9 Å². The van der Waals surface area contributed by atoms with Crippen molar-refractivity contribution < 1.29 is 13.2 Å². The van der Waals surface area contributed by atoms with Crippen LogP contribution in [-0.4, -0.2) is 20.1 Å². The lowest BCUT2D eigenvalue weighted by Crippen LogP contribution is -2.28. The average molecular weight is 388 g/mol. The van der Waals surface area contributed by atoms with Crippen molar-refractivity contribution >= 4 is 15.7 Å². The summed E-state index contributed by atoms with van der Waals surface area (Å²) in [7, 11) is -3.45. The third-order valence-electron chi connectivity index (χ3n) is 4.48. The summed E-state index contributed by atoms with van der Waals surface area (Å²) in [5.41, 5.74) is 3.29. The Balaban J connectivity index is 1.90. The Bertz CT molecular complexity index is 853. The standard InChI is InChI=1S/C22H29NO3S/c1-16(2)15-19-7-9-20(10-8-19)18(4)23-22(24)13-14-27(25,26)21-11-5-17(3)6-12-21/h5-12,16,18H,13-15H2,1-4H3,(H,23,24)/t18-/m1/s1. The van der Waals surface area contributed by atoms with E-state index in [1.54, 1.807) is 24.3 Å². The van der Waals surface area contributed by atoms with E-state index >= 15 is 0 Å². The highest BCUT2D eigenvalue weighted by Gasteiger charge is 2.17. The van der Waals surface area contributed by atoms with E-state index in [0.717, 1.165) is 17.5 Å². The van der Waals surface area contributed by atoms with Gasteiger partial charge in [0.05, 0.1) is 16.7 Å². The van der Waals surface area contributed by atoms with Crippen LogP contribution in [0.4, 0.5) is 0 Å². The molecule has 0 saturated carbocycles. The molecule has 2 aromatic rings. The van der Waals surface area contributed by atoms with E-state index in [9.17, 15) is 13.2 Å². The Kier molecular flexibility index (Phi) is 7.19. The van der Waals surface area contributed by atoms with Gasteiger partial charge in [-0.1, -0.05) is 55.8 Å². The molecule has 27 heavy (non-hydrogen) atoms. The van der Waals surface area contributed by atoms with Crippen LogP contribution in [-0.2, 0) is 21.1 Å². The highest BCUT2D eigenvalue weighted by atomic mass is 32.2. The van der Waals surface area contributed by atoms with Crippen molar-refractivity contribution in [2.24, 2.45) is 5.92 Å². The minimum atomic E-state index is -3.45. The lowest BCUT2D eigenvalue weighted by molar-refractivity contribution is -0.121. The van der Waals surface area contributed by atoms with Crippen LogP contribution < -0.4 is 5.32 Å². The van der Waals surface area contributed by atoms with Gasteiger partial charge in [0.25, 0.3) is 0 Å². The molecule has 0 unspecified atom stereocenters. The Hall–Kier alpha value is -2.14. The predicted molar refractivity (Wildman–Crippen MR) is 109 cm³/mol. The molecule has 1 amide bonds. The Morgan fingerprint density at radius 2 is 1.56 bits per heavy atom. The van der Waals surface area contributed by atoms with Gasteiger partial charge in [-0.15, -0.1) is 0 Å². The van der Waals surface area contributed by atoms with E-state index in [1.807, 2.05) is 26.0 Å². The van der Waals surface area contributed by atoms with Gasteiger partial charge in [-0.2, -0.15) is 0 Å². The molecular weight excluding hydrogens is 358 g/mol. The molecule has 0 aromatic heterocycles. The first-order chi connectivity index (χ1) is 12.7. The SMILES string of the molecule is Cc1ccc(S(=O)(=O)CCC(=O)N[C@H](C)c2ccc(CC(C)C)cc2)cc1. The molecule has 1 atom stereocenters. The van der Waals surface area contributed by atoms with E-state index in [0.29, 0.717) is 5.92 Å². The number of hydrogen-bond donors (Lipinski definition) is 1. The van der Waals surface area contributed by atoms with E-state index in [2.05, 4.69) is 31.3 Å². The molecule has 0 aliphatic rings. The van der Waals surface area contributed by atoms with Crippen molar-refractivity contribution in [2.75, 3.05) is 5.75 Å². The molecule has 2 aromatic carbocycles. The fraction of sp³-hybridized carbons (Fsp3) is 0.409. The lowest BCUT2D eigenvalue weighted by atomic mass is 10.00. The highest BCUT2D eigenvalue weighted by Crippen LogP contribution is 2.17. The third-order valence-corrected chi connectivity index (χ3v) is 6.21. The van der Waals surface area contributed by atoms with Crippen molar-refractivity contribution in [3.63, 3.8) is 0 Å². The zero-order valence-corrected chi connectivity index (χ0v) is 17.3. The number of nitrogens with one attached hydrogen (secondary N) is 1. The molecule has 0 aliphatic heterocycles. The van der Waals surface area contributed by atoms with Crippen molar-refractivity contribution in [3.8, 4) is 0 Å². The van der Waals surface area contributed by atoms with Gasteiger partial charge in [0.15, 0.2) is 9.84 Å². The molecule has 0 aliphatic carbocycles. The molecule has 0 radical (unpaired) electrons. The normalized spacial score (nSPS) is 12.8. The molecule has 0 saturated heterocycles. The Morgan fingerprint density at radius 1 is 0.963 bits per heavy atom. The van der Waals surface area contributed by atoms with Crippen molar-refractivity contribution in [1.29, 1.82) is 0 Å². The van der Waals surface area contributed by atoms with Crippen LogP contribution in [0.25, 0.3) is 0 Å². The van der Waals surface area contributed by atoms with Crippen LogP contribution >= 0.6 is 0 Å². The molecule has 5 heteroatoms. The van der Waals surface area contributed by atoms with E-state index in [1.165, 1.54) is 5.56 Å². The number of sulfone groups is 1. The smallest absolute Gasteiger partial charge is 0.221 e. The quantitative estimate of drug-likeness (QED) is 0.737. The number of amides is 1. The molecule has 0 bridgehead atoms. The summed E-state index contributed by atoms with van der Waals surface area (Å²) in [6.45, 7) is 8.17. The van der Waals surface area contributed by atoms with E-state index < -0.39 is 9.84 Å². The summed E-state index contributed by atoms with van der Waals surface area (Å²) in [6, 6.07) is 14.7. The van der Waals surface area contributed by atoms with Gasteiger partial charge in [0, 0.05) is 6.42 Å². The van der Waals surface area contributed by atoms with Gasteiger partial charge in [-0.3, -0.25) is 4.79 Å². The van der Waals surface area contributed by atoms with Crippen LogP contribution in [0.15, 0.2) is 53.4 Å². The number of benzene rings is 2. The van der Waals surface area contributed by atoms with E-state index in [4.69, 9.17) is 0 Å². The summed E-state index contributed by atoms with van der Waals surface area (Å²) >= 11 is 0. The van der Waals surface area contributed by atoms with Gasteiger partial charge >= 0.3 is 0 Å². The summed E-state index contributed by atoms with van der Waals surface area (Å²) in [4.78, 5) is 12.5. The maximum absolute atomic E-state index is 12.3. The fourth-order valence-electron chi connectivity index (χ4n) is 2.90. The molecule has 1 N–H and O–H groups in total. The first-order valence-corrected chi connectivity index (χ1v) is 11.0. The number of carbonyl (C=O) groups excluding carboxylic acids is 1. The Labute approximate surface area is 162 Å². The fourth-order valence-corrected chi connectivity index (χ4v) is 4.14. The first kappa shape index (κ1) is 21.2. The van der Waals surface area contributed by atoms with Crippen molar-refractivity contribution in [3.05, 3.63) is 65.2 Å². The zero-order valence-electron chi connectivity index (χ0n) is 16.5. The maximum atomic E-state index is 12.3. The van der Waals surface area contributed by atoms with Crippen LogP contribution in [0.3, 0.4) is 0 Å². The third kappa shape index (κ3) is 6.51. The average Bonchev–Trinajstić information content (AvgIpc) is 2.60. The van der Waals surface area contributed by atoms with Gasteiger partial charge < -0.3 is 5.32 Å². The largest absolute Gasteiger partial charge is 0.350 e. The van der Waals surface area contributed by atoms with Gasteiger partial charge in [-0.05, 0) is 49.4 Å². The number of aryl methyl sites for hydroxylation is 1. The highest BCUT2D eigenvalue weighted by molar-refractivity contribution is 7.91. The first-order valence-electron chi connectivity index (χ1n) is 9.35.